The molecule has 0 fully saturated rings. The Hall–Kier alpha value is -1.08. The van der Waals surface area contributed by atoms with Crippen LogP contribution in [0.5, 0.6) is 0 Å². The largest absolute Gasteiger partial charge is 0.434 e. The highest BCUT2D eigenvalue weighted by Crippen LogP contribution is 2.19. The van der Waals surface area contributed by atoms with Gasteiger partial charge in [0.1, 0.15) is 5.52 Å². The lowest BCUT2D eigenvalue weighted by atomic mass is 10.3. The first kappa shape index (κ1) is 10.4. The number of oxazole rings is 1. The van der Waals surface area contributed by atoms with Gasteiger partial charge in [-0.25, -0.2) is 13.2 Å². The summed E-state index contributed by atoms with van der Waals surface area (Å²) in [7, 11) is -3.63. The lowest BCUT2D eigenvalue weighted by molar-refractivity contribution is 0.536. The molecule has 5 nitrogen and oxygen atoms in total. The fourth-order valence-corrected chi connectivity index (χ4v) is 2.44. The molecule has 0 bridgehead atoms. The summed E-state index contributed by atoms with van der Waals surface area (Å²) in [6.07, 6.45) is 0.950. The molecule has 1 aromatic heterocycles. The van der Waals surface area contributed by atoms with Crippen LogP contribution in [-0.2, 0) is 10.0 Å². The summed E-state index contributed by atoms with van der Waals surface area (Å²) < 4.78 is 28.8. The second-order valence-corrected chi connectivity index (χ2v) is 5.75. The number of aromatic nitrogens is 1. The Bertz CT molecular complexity index is 682. The van der Waals surface area contributed by atoms with Crippen LogP contribution in [0.1, 0.15) is 0 Å². The van der Waals surface area contributed by atoms with Gasteiger partial charge in [0, 0.05) is 4.47 Å². The van der Waals surface area contributed by atoms with Gasteiger partial charge in [-0.1, -0.05) is 15.9 Å². The average molecular weight is 292 g/mol. The van der Waals surface area contributed by atoms with Crippen molar-refractivity contribution < 1.29 is 12.8 Å². The lowest BCUT2D eigenvalue weighted by Gasteiger charge is -1.96. The maximum atomic E-state index is 11.3. The van der Waals surface area contributed by atoms with Gasteiger partial charge in [0.2, 0.25) is 10.0 Å². The standard InChI is InChI=1S/C8H6BrNO4S/c1-15(12,13)10-6-3-2-5(9)4-7(6)14-8(10)11/h2-4H,1H3. The summed E-state index contributed by atoms with van der Waals surface area (Å²) in [5.74, 6) is -0.898. The maximum absolute atomic E-state index is 11.3. The van der Waals surface area contributed by atoms with Crippen LogP contribution in [0.25, 0.3) is 11.1 Å². The molecule has 1 aromatic carbocycles. The minimum Gasteiger partial charge on any atom is -0.407 e. The van der Waals surface area contributed by atoms with Crippen LogP contribution in [0.4, 0.5) is 0 Å². The van der Waals surface area contributed by atoms with Crippen molar-refractivity contribution in [1.82, 2.24) is 3.97 Å². The molecule has 2 rings (SSSR count). The fourth-order valence-electron chi connectivity index (χ4n) is 1.29. The highest BCUT2D eigenvalue weighted by Gasteiger charge is 2.16. The molecule has 80 valence electrons. The highest BCUT2D eigenvalue weighted by atomic mass is 79.9. The van der Waals surface area contributed by atoms with Crippen molar-refractivity contribution >= 4 is 37.1 Å². The first-order valence-corrected chi connectivity index (χ1v) is 6.55. The van der Waals surface area contributed by atoms with E-state index in [0.717, 1.165) is 6.26 Å². The molecule has 0 N–H and O–H groups in total. The minimum atomic E-state index is -3.63. The van der Waals surface area contributed by atoms with Crippen LogP contribution in [0.15, 0.2) is 31.9 Å². The monoisotopic (exact) mass is 291 g/mol. The van der Waals surface area contributed by atoms with E-state index in [0.29, 0.717) is 8.45 Å². The summed E-state index contributed by atoms with van der Waals surface area (Å²) in [5.41, 5.74) is 0.477. The number of halogens is 1. The van der Waals surface area contributed by atoms with Gasteiger partial charge in [0.05, 0.1) is 6.26 Å². The third-order valence-corrected chi connectivity index (χ3v) is 3.34. The van der Waals surface area contributed by atoms with Gasteiger partial charge in [0.15, 0.2) is 5.58 Å². The Kier molecular flexibility index (Phi) is 2.23. The third-order valence-electron chi connectivity index (χ3n) is 1.84. The average Bonchev–Trinajstić information content (AvgIpc) is 2.38. The predicted molar refractivity (Wildman–Crippen MR) is 58.4 cm³/mol. The molecular formula is C8H6BrNO4S. The SMILES string of the molecule is CS(=O)(=O)n1c(=O)oc2cc(Br)ccc21. The molecule has 0 aliphatic rings. The van der Waals surface area contributed by atoms with E-state index in [9.17, 15) is 13.2 Å². The Morgan fingerprint density at radius 1 is 1.40 bits per heavy atom. The van der Waals surface area contributed by atoms with Crippen molar-refractivity contribution in [3.05, 3.63) is 33.2 Å². The molecule has 0 unspecified atom stereocenters. The molecule has 0 spiro atoms. The Balaban J connectivity index is 2.99. The minimum absolute atomic E-state index is 0.236. The van der Waals surface area contributed by atoms with E-state index in [1.165, 1.54) is 6.07 Å². The Labute approximate surface area is 93.5 Å². The highest BCUT2D eigenvalue weighted by molar-refractivity contribution is 9.10. The second kappa shape index (κ2) is 3.21. The normalized spacial score (nSPS) is 12.1. The van der Waals surface area contributed by atoms with Gasteiger partial charge in [-0.3, -0.25) is 0 Å². The molecule has 0 saturated heterocycles. The first-order valence-electron chi connectivity index (χ1n) is 3.91. The van der Waals surface area contributed by atoms with Crippen molar-refractivity contribution in [3.63, 3.8) is 0 Å². The maximum Gasteiger partial charge on any atom is 0.434 e. The number of hydrogen-bond acceptors (Lipinski definition) is 4. The topological polar surface area (TPSA) is 69.3 Å². The van der Waals surface area contributed by atoms with Gasteiger partial charge in [-0.15, -0.1) is 0 Å². The van der Waals surface area contributed by atoms with E-state index < -0.39 is 15.8 Å². The quantitative estimate of drug-likeness (QED) is 0.791. The summed E-state index contributed by atoms with van der Waals surface area (Å²) in [4.78, 5) is 11.3. The van der Waals surface area contributed by atoms with Crippen LogP contribution in [0.2, 0.25) is 0 Å². The zero-order chi connectivity index (χ0) is 11.2. The van der Waals surface area contributed by atoms with Crippen LogP contribution in [0.3, 0.4) is 0 Å². The lowest BCUT2D eigenvalue weighted by Crippen LogP contribution is -2.21. The summed E-state index contributed by atoms with van der Waals surface area (Å²) in [6.45, 7) is 0. The molecule has 0 aliphatic heterocycles. The smallest absolute Gasteiger partial charge is 0.407 e. The van der Waals surface area contributed by atoms with E-state index >= 15 is 0 Å². The van der Waals surface area contributed by atoms with Gasteiger partial charge in [0.25, 0.3) is 0 Å². The van der Waals surface area contributed by atoms with E-state index in [1.807, 2.05) is 0 Å². The molecule has 7 heteroatoms. The van der Waals surface area contributed by atoms with E-state index in [1.54, 1.807) is 12.1 Å². The van der Waals surface area contributed by atoms with Crippen molar-refractivity contribution in [2.45, 2.75) is 0 Å². The number of rotatable bonds is 1. The van der Waals surface area contributed by atoms with Crippen molar-refractivity contribution in [2.24, 2.45) is 0 Å². The van der Waals surface area contributed by atoms with Gasteiger partial charge in [-0.2, -0.15) is 3.97 Å². The van der Waals surface area contributed by atoms with Crippen LogP contribution >= 0.6 is 15.9 Å². The van der Waals surface area contributed by atoms with Crippen molar-refractivity contribution in [2.75, 3.05) is 6.26 Å². The molecule has 0 saturated carbocycles. The first-order chi connectivity index (χ1) is 6.89. The van der Waals surface area contributed by atoms with Gasteiger partial charge >= 0.3 is 5.76 Å². The molecule has 0 atom stereocenters. The van der Waals surface area contributed by atoms with Crippen molar-refractivity contribution in [1.29, 1.82) is 0 Å². The number of hydrogen-bond donors (Lipinski definition) is 0. The second-order valence-electron chi connectivity index (χ2n) is 3.01. The molecule has 0 amide bonds. The summed E-state index contributed by atoms with van der Waals surface area (Å²) in [6, 6.07) is 4.68. The van der Waals surface area contributed by atoms with Crippen LogP contribution < -0.4 is 5.76 Å². The zero-order valence-electron chi connectivity index (χ0n) is 7.60. The molecule has 15 heavy (non-hydrogen) atoms. The number of nitrogens with zero attached hydrogens (tertiary/aromatic N) is 1. The molecule has 1 heterocycles. The molecule has 0 radical (unpaired) electrons. The van der Waals surface area contributed by atoms with Crippen molar-refractivity contribution in [3.8, 4) is 0 Å². The fraction of sp³-hybridized carbons (Fsp3) is 0.125. The summed E-state index contributed by atoms with van der Waals surface area (Å²) in [5, 5.41) is 0. The predicted octanol–water partition coefficient (Wildman–Crippen LogP) is 1.16. The van der Waals surface area contributed by atoms with Gasteiger partial charge in [-0.05, 0) is 18.2 Å². The van der Waals surface area contributed by atoms with E-state index in [-0.39, 0.29) is 11.1 Å². The number of fused-ring (bicyclic) bond motifs is 1. The van der Waals surface area contributed by atoms with E-state index in [2.05, 4.69) is 15.9 Å². The Morgan fingerprint density at radius 2 is 2.07 bits per heavy atom. The number of benzene rings is 1. The Morgan fingerprint density at radius 3 is 2.67 bits per heavy atom. The summed E-state index contributed by atoms with van der Waals surface area (Å²) >= 11 is 3.20. The van der Waals surface area contributed by atoms with Crippen LogP contribution in [-0.4, -0.2) is 18.6 Å². The van der Waals surface area contributed by atoms with Crippen LogP contribution in [0, 0.1) is 0 Å². The van der Waals surface area contributed by atoms with E-state index in [4.69, 9.17) is 4.42 Å². The third kappa shape index (κ3) is 1.72. The molecule has 0 aliphatic carbocycles. The zero-order valence-corrected chi connectivity index (χ0v) is 10.0. The molecular weight excluding hydrogens is 286 g/mol. The van der Waals surface area contributed by atoms with Gasteiger partial charge < -0.3 is 4.42 Å². The molecule has 2 aromatic rings.